The number of piperazine rings is 1. The Kier molecular flexibility index (Phi) is 8.20. The molecule has 4 rings (SSSR count). The number of nitrogens with one attached hydrogen (secondary N) is 1. The maximum atomic E-state index is 13.5. The topological polar surface area (TPSA) is 109 Å². The number of fused-ring (bicyclic) bond motifs is 1. The van der Waals surface area contributed by atoms with Gasteiger partial charge in [-0.25, -0.2) is 4.98 Å². The minimum Gasteiger partial charge on any atom is -0.368 e. The molecule has 2 aromatic heterocycles. The minimum atomic E-state index is -0.167. The highest BCUT2D eigenvalue weighted by Gasteiger charge is 2.20. The van der Waals surface area contributed by atoms with Gasteiger partial charge in [-0.15, -0.1) is 0 Å². The molecule has 0 bridgehead atoms. The molecule has 1 aliphatic heterocycles. The normalized spacial score (nSPS) is 14.5. The van der Waals surface area contributed by atoms with Crippen LogP contribution < -0.4 is 16.6 Å². The van der Waals surface area contributed by atoms with Crippen LogP contribution in [-0.2, 0) is 6.54 Å². The first kappa shape index (κ1) is 25.6. The number of carbonyl (C=O) groups excluding carboxylic acids is 1. The summed E-state index contributed by atoms with van der Waals surface area (Å²) in [4.78, 5) is 39.2. The Morgan fingerprint density at radius 1 is 1.03 bits per heavy atom. The Morgan fingerprint density at radius 2 is 1.69 bits per heavy atom. The summed E-state index contributed by atoms with van der Waals surface area (Å²) >= 11 is 0. The first-order valence-electron chi connectivity index (χ1n) is 12.9. The lowest BCUT2D eigenvalue weighted by Gasteiger charge is -2.32. The van der Waals surface area contributed by atoms with Gasteiger partial charge in [-0.2, -0.15) is 4.98 Å². The van der Waals surface area contributed by atoms with Gasteiger partial charge in [0.15, 0.2) is 0 Å². The van der Waals surface area contributed by atoms with Crippen molar-refractivity contribution in [3.63, 3.8) is 0 Å². The number of amides is 1. The van der Waals surface area contributed by atoms with Crippen LogP contribution in [0.4, 0.5) is 11.8 Å². The number of pyridine rings is 1. The van der Waals surface area contributed by atoms with Crippen LogP contribution in [0, 0.1) is 0 Å². The minimum absolute atomic E-state index is 0.0525. The fourth-order valence-electron chi connectivity index (χ4n) is 4.75. The molecule has 0 unspecified atom stereocenters. The number of rotatable bonds is 9. The number of likely N-dealkylation sites (N-methyl/N-ethyl adjacent to an activating group) is 1. The van der Waals surface area contributed by atoms with Crippen molar-refractivity contribution in [3.8, 4) is 0 Å². The van der Waals surface area contributed by atoms with E-state index >= 15 is 0 Å². The lowest BCUT2D eigenvalue weighted by Crippen LogP contribution is -2.47. The molecule has 9 heteroatoms. The second kappa shape index (κ2) is 11.5. The lowest BCUT2D eigenvalue weighted by molar-refractivity contribution is 0.0664. The smallest absolute Gasteiger partial charge is 0.264 e. The average Bonchev–Trinajstić information content (AvgIpc) is 2.86. The number of anilines is 2. The second-order valence-corrected chi connectivity index (χ2v) is 9.65. The number of nitrogens with two attached hydrogens (primary N) is 1. The standard InChI is InChI=1S/C27H37N7O2/c1-4-6-21(7-5-2)29-24-23-22(30-27(28)31-24)12-13-34(26(23)36)18-19-8-10-20(11-9-19)25(35)33-16-14-32(3)15-17-33/h8-13,21H,4-7,14-18H2,1-3H3,(H3,28,29,30,31). The Bertz CT molecular complexity index is 1240. The van der Waals surface area contributed by atoms with Gasteiger partial charge in [-0.1, -0.05) is 38.8 Å². The van der Waals surface area contributed by atoms with E-state index in [-0.39, 0.29) is 23.5 Å². The van der Waals surface area contributed by atoms with E-state index in [0.29, 0.717) is 28.8 Å². The van der Waals surface area contributed by atoms with E-state index in [1.807, 2.05) is 29.2 Å². The first-order chi connectivity index (χ1) is 17.4. The van der Waals surface area contributed by atoms with Crippen molar-refractivity contribution in [2.75, 3.05) is 44.3 Å². The molecule has 0 spiro atoms. The molecule has 3 N–H and O–H groups in total. The Labute approximate surface area is 212 Å². The Balaban J connectivity index is 1.57. The molecule has 1 fully saturated rings. The molecule has 1 saturated heterocycles. The van der Waals surface area contributed by atoms with Crippen molar-refractivity contribution < 1.29 is 4.79 Å². The fourth-order valence-corrected chi connectivity index (χ4v) is 4.75. The van der Waals surface area contributed by atoms with Crippen LogP contribution in [-0.4, -0.2) is 69.5 Å². The summed E-state index contributed by atoms with van der Waals surface area (Å²) in [7, 11) is 2.07. The first-order valence-corrected chi connectivity index (χ1v) is 12.9. The molecule has 192 valence electrons. The molecule has 1 amide bonds. The number of carbonyl (C=O) groups is 1. The number of aromatic nitrogens is 3. The van der Waals surface area contributed by atoms with E-state index in [0.717, 1.165) is 57.4 Å². The Hall–Kier alpha value is -3.46. The quantitative estimate of drug-likeness (QED) is 0.473. The molecule has 0 radical (unpaired) electrons. The highest BCUT2D eigenvalue weighted by atomic mass is 16.2. The van der Waals surface area contributed by atoms with Gasteiger partial charge >= 0.3 is 0 Å². The molecule has 9 nitrogen and oxygen atoms in total. The van der Waals surface area contributed by atoms with Gasteiger partial charge in [0.1, 0.15) is 11.2 Å². The third-order valence-corrected chi connectivity index (χ3v) is 6.80. The molecule has 1 aliphatic rings. The third-order valence-electron chi connectivity index (χ3n) is 6.80. The number of hydrogen-bond acceptors (Lipinski definition) is 7. The summed E-state index contributed by atoms with van der Waals surface area (Å²) in [5.74, 6) is 0.697. The van der Waals surface area contributed by atoms with Crippen molar-refractivity contribution >= 4 is 28.6 Å². The van der Waals surface area contributed by atoms with Gasteiger partial charge < -0.3 is 25.4 Å². The summed E-state index contributed by atoms with van der Waals surface area (Å²) in [5.41, 5.74) is 7.93. The number of nitrogen functional groups attached to an aromatic ring is 1. The van der Waals surface area contributed by atoms with Gasteiger partial charge in [0.25, 0.3) is 11.5 Å². The number of benzene rings is 1. The summed E-state index contributed by atoms with van der Waals surface area (Å²) in [6.07, 6.45) is 5.78. The molecule has 36 heavy (non-hydrogen) atoms. The number of hydrogen-bond donors (Lipinski definition) is 2. The van der Waals surface area contributed by atoms with Crippen LogP contribution in [0.25, 0.3) is 10.9 Å². The maximum Gasteiger partial charge on any atom is 0.264 e. The van der Waals surface area contributed by atoms with Crippen LogP contribution in [0.1, 0.15) is 55.5 Å². The van der Waals surface area contributed by atoms with Crippen molar-refractivity contribution in [1.29, 1.82) is 0 Å². The number of nitrogens with zero attached hydrogens (tertiary/aromatic N) is 5. The molecule has 0 atom stereocenters. The summed E-state index contributed by atoms with van der Waals surface area (Å²) < 4.78 is 1.65. The van der Waals surface area contributed by atoms with Crippen LogP contribution in [0.3, 0.4) is 0 Å². The van der Waals surface area contributed by atoms with E-state index < -0.39 is 0 Å². The van der Waals surface area contributed by atoms with Gasteiger partial charge in [-0.05, 0) is 43.7 Å². The van der Waals surface area contributed by atoms with Gasteiger partial charge in [-0.3, -0.25) is 9.59 Å². The predicted molar refractivity (Wildman–Crippen MR) is 144 cm³/mol. The Morgan fingerprint density at radius 3 is 2.33 bits per heavy atom. The summed E-state index contributed by atoms with van der Waals surface area (Å²) in [6.45, 7) is 7.93. The van der Waals surface area contributed by atoms with Crippen molar-refractivity contribution in [2.45, 2.75) is 52.1 Å². The van der Waals surface area contributed by atoms with E-state index in [1.165, 1.54) is 0 Å². The van der Waals surface area contributed by atoms with Crippen LogP contribution >= 0.6 is 0 Å². The maximum absolute atomic E-state index is 13.5. The zero-order chi connectivity index (χ0) is 25.7. The molecule has 1 aromatic carbocycles. The third kappa shape index (κ3) is 5.84. The molecule has 3 aromatic rings. The van der Waals surface area contributed by atoms with Gasteiger partial charge in [0, 0.05) is 44.0 Å². The monoisotopic (exact) mass is 491 g/mol. The van der Waals surface area contributed by atoms with Crippen molar-refractivity contribution in [2.24, 2.45) is 0 Å². The van der Waals surface area contributed by atoms with Gasteiger partial charge in [0.2, 0.25) is 5.95 Å². The van der Waals surface area contributed by atoms with E-state index in [4.69, 9.17) is 5.73 Å². The van der Waals surface area contributed by atoms with Crippen molar-refractivity contribution in [1.82, 2.24) is 24.3 Å². The zero-order valence-corrected chi connectivity index (χ0v) is 21.5. The SMILES string of the molecule is CCCC(CCC)Nc1nc(N)nc2ccn(Cc3ccc(C(=O)N4CCN(C)CC4)cc3)c(=O)c12. The molecule has 3 heterocycles. The summed E-state index contributed by atoms with van der Waals surface area (Å²) in [5, 5.41) is 3.91. The fraction of sp³-hybridized carbons (Fsp3) is 0.481. The second-order valence-electron chi connectivity index (χ2n) is 9.65. The zero-order valence-electron chi connectivity index (χ0n) is 21.5. The predicted octanol–water partition coefficient (Wildman–Crippen LogP) is 3.19. The van der Waals surface area contributed by atoms with Crippen LogP contribution in [0.15, 0.2) is 41.3 Å². The molecule has 0 saturated carbocycles. The average molecular weight is 492 g/mol. The van der Waals surface area contributed by atoms with E-state index in [9.17, 15) is 9.59 Å². The highest BCUT2D eigenvalue weighted by molar-refractivity contribution is 5.94. The van der Waals surface area contributed by atoms with Crippen LogP contribution in [0.2, 0.25) is 0 Å². The van der Waals surface area contributed by atoms with E-state index in [1.54, 1.807) is 16.8 Å². The van der Waals surface area contributed by atoms with Crippen LogP contribution in [0.5, 0.6) is 0 Å². The molecule has 0 aliphatic carbocycles. The van der Waals surface area contributed by atoms with E-state index in [2.05, 4.69) is 41.1 Å². The molecular formula is C27H37N7O2. The summed E-state index contributed by atoms with van der Waals surface area (Å²) in [6, 6.07) is 9.54. The van der Waals surface area contributed by atoms with Crippen molar-refractivity contribution in [3.05, 3.63) is 58.0 Å². The lowest BCUT2D eigenvalue weighted by atomic mass is 10.1. The van der Waals surface area contributed by atoms with Gasteiger partial charge in [0.05, 0.1) is 12.1 Å². The largest absolute Gasteiger partial charge is 0.368 e. The highest BCUT2D eigenvalue weighted by Crippen LogP contribution is 2.21. The molecular weight excluding hydrogens is 454 g/mol.